The number of hydrogen-bond acceptors (Lipinski definition) is 5. The molecular formula is C17H14ClN3O3. The summed E-state index contributed by atoms with van der Waals surface area (Å²) in [4.78, 5) is 16.1. The normalized spacial score (nSPS) is 10.2. The average Bonchev–Trinajstić information content (AvgIpc) is 3.11. The van der Waals surface area contributed by atoms with Crippen molar-refractivity contribution >= 4 is 34.7 Å². The second kappa shape index (κ2) is 7.06. The minimum Gasteiger partial charge on any atom is -0.495 e. The molecule has 0 aliphatic rings. The summed E-state index contributed by atoms with van der Waals surface area (Å²) < 4.78 is 10.3. The Morgan fingerprint density at radius 1 is 1.25 bits per heavy atom. The van der Waals surface area contributed by atoms with Gasteiger partial charge < -0.3 is 19.8 Å². The summed E-state index contributed by atoms with van der Waals surface area (Å²) in [6.07, 6.45) is 3.03. The Labute approximate surface area is 143 Å². The second-order valence-corrected chi connectivity index (χ2v) is 5.27. The highest BCUT2D eigenvalue weighted by atomic mass is 35.5. The molecule has 7 heteroatoms. The van der Waals surface area contributed by atoms with Crippen molar-refractivity contribution in [2.75, 3.05) is 17.7 Å². The van der Waals surface area contributed by atoms with Crippen LogP contribution >= 0.6 is 11.6 Å². The minimum atomic E-state index is -0.357. The lowest BCUT2D eigenvalue weighted by atomic mass is 10.2. The van der Waals surface area contributed by atoms with Gasteiger partial charge in [-0.25, -0.2) is 4.98 Å². The molecule has 0 atom stereocenters. The fourth-order valence-electron chi connectivity index (χ4n) is 2.06. The molecule has 2 N–H and O–H groups in total. The zero-order chi connectivity index (χ0) is 16.9. The Kier molecular flexibility index (Phi) is 4.67. The molecule has 0 fully saturated rings. The van der Waals surface area contributed by atoms with Crippen LogP contribution in [-0.2, 0) is 0 Å². The molecule has 2 aromatic heterocycles. The van der Waals surface area contributed by atoms with Crippen LogP contribution in [0.2, 0.25) is 5.02 Å². The Bertz CT molecular complexity index is 833. The van der Waals surface area contributed by atoms with Crippen molar-refractivity contribution in [2.45, 2.75) is 0 Å². The Hall–Kier alpha value is -2.99. The maximum Gasteiger partial charge on any atom is 0.292 e. The highest BCUT2D eigenvalue weighted by molar-refractivity contribution is 6.31. The molecule has 0 aliphatic heterocycles. The van der Waals surface area contributed by atoms with Crippen LogP contribution in [0.4, 0.5) is 17.2 Å². The van der Waals surface area contributed by atoms with E-state index in [2.05, 4.69) is 15.6 Å². The number of nitrogens with zero attached hydrogens (tertiary/aromatic N) is 1. The van der Waals surface area contributed by atoms with Crippen LogP contribution < -0.4 is 15.4 Å². The molecule has 0 saturated carbocycles. The van der Waals surface area contributed by atoms with Crippen LogP contribution in [0.1, 0.15) is 10.6 Å². The first-order chi connectivity index (χ1) is 11.7. The van der Waals surface area contributed by atoms with Gasteiger partial charge in [-0.1, -0.05) is 11.6 Å². The van der Waals surface area contributed by atoms with E-state index in [1.165, 1.54) is 6.26 Å². The fraction of sp³-hybridized carbons (Fsp3) is 0.0588. The summed E-state index contributed by atoms with van der Waals surface area (Å²) >= 11 is 6.00. The van der Waals surface area contributed by atoms with Crippen molar-refractivity contribution in [3.05, 3.63) is 65.7 Å². The Balaban J connectivity index is 1.71. The highest BCUT2D eigenvalue weighted by Gasteiger charge is 2.09. The predicted octanol–water partition coefficient (Wildman–Crippen LogP) is 4.33. The summed E-state index contributed by atoms with van der Waals surface area (Å²) in [5, 5.41) is 6.41. The third-order valence-electron chi connectivity index (χ3n) is 3.19. The van der Waals surface area contributed by atoms with Crippen LogP contribution in [0.3, 0.4) is 0 Å². The molecule has 3 aromatic rings. The van der Waals surface area contributed by atoms with Gasteiger partial charge in [0.05, 0.1) is 30.9 Å². The SMILES string of the molecule is COc1ccc(Cl)cc1Nc1ccc(NC(=O)c2ccco2)nc1. The number of furan rings is 1. The van der Waals surface area contributed by atoms with E-state index in [1.54, 1.807) is 55.8 Å². The van der Waals surface area contributed by atoms with E-state index in [0.717, 1.165) is 11.4 Å². The van der Waals surface area contributed by atoms with E-state index in [0.29, 0.717) is 16.6 Å². The lowest BCUT2D eigenvalue weighted by Gasteiger charge is -2.11. The molecule has 0 bridgehead atoms. The largest absolute Gasteiger partial charge is 0.495 e. The first-order valence-corrected chi connectivity index (χ1v) is 7.45. The van der Waals surface area contributed by atoms with Crippen molar-refractivity contribution in [1.29, 1.82) is 0 Å². The average molecular weight is 344 g/mol. The molecule has 24 heavy (non-hydrogen) atoms. The smallest absolute Gasteiger partial charge is 0.292 e. The van der Waals surface area contributed by atoms with Gasteiger partial charge in [-0.05, 0) is 42.5 Å². The number of methoxy groups -OCH3 is 1. The van der Waals surface area contributed by atoms with E-state index in [-0.39, 0.29) is 11.7 Å². The van der Waals surface area contributed by atoms with Gasteiger partial charge in [0.25, 0.3) is 5.91 Å². The summed E-state index contributed by atoms with van der Waals surface area (Å²) in [6.45, 7) is 0. The fourth-order valence-corrected chi connectivity index (χ4v) is 2.23. The van der Waals surface area contributed by atoms with E-state index < -0.39 is 0 Å². The summed E-state index contributed by atoms with van der Waals surface area (Å²) in [7, 11) is 1.58. The zero-order valence-electron chi connectivity index (χ0n) is 12.7. The molecule has 0 unspecified atom stereocenters. The number of rotatable bonds is 5. The van der Waals surface area contributed by atoms with Crippen LogP contribution in [0.25, 0.3) is 0 Å². The van der Waals surface area contributed by atoms with Crippen molar-refractivity contribution in [1.82, 2.24) is 4.98 Å². The van der Waals surface area contributed by atoms with Gasteiger partial charge >= 0.3 is 0 Å². The Morgan fingerprint density at radius 2 is 2.12 bits per heavy atom. The van der Waals surface area contributed by atoms with Crippen molar-refractivity contribution in [3.63, 3.8) is 0 Å². The maximum absolute atomic E-state index is 11.9. The van der Waals surface area contributed by atoms with Gasteiger partial charge in [0, 0.05) is 5.02 Å². The van der Waals surface area contributed by atoms with E-state index in [9.17, 15) is 4.79 Å². The lowest BCUT2D eigenvalue weighted by molar-refractivity contribution is 0.0996. The first kappa shape index (κ1) is 15.9. The monoisotopic (exact) mass is 343 g/mol. The van der Waals surface area contributed by atoms with Crippen LogP contribution in [-0.4, -0.2) is 18.0 Å². The number of aromatic nitrogens is 1. The number of anilines is 3. The zero-order valence-corrected chi connectivity index (χ0v) is 13.5. The molecule has 0 spiro atoms. The molecular weight excluding hydrogens is 330 g/mol. The number of halogens is 1. The predicted molar refractivity (Wildman–Crippen MR) is 92.2 cm³/mol. The van der Waals surface area contributed by atoms with Gasteiger partial charge in [0.2, 0.25) is 0 Å². The van der Waals surface area contributed by atoms with Crippen LogP contribution in [0, 0.1) is 0 Å². The summed E-state index contributed by atoms with van der Waals surface area (Å²) in [5.41, 5.74) is 1.45. The van der Waals surface area contributed by atoms with Crippen LogP contribution in [0.5, 0.6) is 5.75 Å². The molecule has 6 nitrogen and oxygen atoms in total. The molecule has 0 saturated heterocycles. The highest BCUT2D eigenvalue weighted by Crippen LogP contribution is 2.30. The number of hydrogen-bond donors (Lipinski definition) is 2. The van der Waals surface area contributed by atoms with E-state index >= 15 is 0 Å². The van der Waals surface area contributed by atoms with Crippen molar-refractivity contribution in [2.24, 2.45) is 0 Å². The van der Waals surface area contributed by atoms with E-state index in [4.69, 9.17) is 20.8 Å². The molecule has 0 radical (unpaired) electrons. The summed E-state index contributed by atoms with van der Waals surface area (Å²) in [5.74, 6) is 0.946. The number of carbonyl (C=O) groups excluding carboxylic acids is 1. The molecule has 0 aliphatic carbocycles. The van der Waals surface area contributed by atoms with Gasteiger partial charge in [-0.2, -0.15) is 0 Å². The minimum absolute atomic E-state index is 0.225. The number of ether oxygens (including phenoxy) is 1. The number of amides is 1. The molecule has 1 amide bonds. The number of carbonyl (C=O) groups is 1. The standard InChI is InChI=1S/C17H14ClN3O3/c1-23-14-6-4-11(18)9-13(14)20-12-5-7-16(19-10-12)21-17(22)15-3-2-8-24-15/h2-10,20H,1H3,(H,19,21,22). The van der Waals surface area contributed by atoms with Crippen LogP contribution in [0.15, 0.2) is 59.3 Å². The molecule has 2 heterocycles. The topological polar surface area (TPSA) is 76.4 Å². The first-order valence-electron chi connectivity index (χ1n) is 7.07. The number of pyridine rings is 1. The second-order valence-electron chi connectivity index (χ2n) is 4.83. The third-order valence-corrected chi connectivity index (χ3v) is 3.43. The van der Waals surface area contributed by atoms with Crippen molar-refractivity contribution < 1.29 is 13.9 Å². The van der Waals surface area contributed by atoms with Gasteiger partial charge in [-0.15, -0.1) is 0 Å². The third kappa shape index (κ3) is 3.67. The lowest BCUT2D eigenvalue weighted by Crippen LogP contribution is -2.11. The number of nitrogens with one attached hydrogen (secondary N) is 2. The van der Waals surface area contributed by atoms with Gasteiger partial charge in [0.15, 0.2) is 5.76 Å². The maximum atomic E-state index is 11.9. The van der Waals surface area contributed by atoms with Crippen molar-refractivity contribution in [3.8, 4) is 5.75 Å². The van der Waals surface area contributed by atoms with Gasteiger partial charge in [-0.3, -0.25) is 4.79 Å². The molecule has 3 rings (SSSR count). The Morgan fingerprint density at radius 3 is 2.79 bits per heavy atom. The van der Waals surface area contributed by atoms with E-state index in [1.807, 2.05) is 0 Å². The molecule has 1 aromatic carbocycles. The number of benzene rings is 1. The summed E-state index contributed by atoms with van der Waals surface area (Å²) in [6, 6.07) is 12.0. The quantitative estimate of drug-likeness (QED) is 0.721. The molecule has 122 valence electrons. The van der Waals surface area contributed by atoms with Gasteiger partial charge in [0.1, 0.15) is 11.6 Å².